The van der Waals surface area contributed by atoms with E-state index in [-0.39, 0.29) is 11.5 Å². The third-order valence-electron chi connectivity index (χ3n) is 2.91. The van der Waals surface area contributed by atoms with E-state index in [0.29, 0.717) is 5.56 Å². The van der Waals surface area contributed by atoms with Gasteiger partial charge in [-0.3, -0.25) is 9.59 Å². The fourth-order valence-corrected chi connectivity index (χ4v) is 1.85. The molecule has 2 rings (SSSR count). The Labute approximate surface area is 123 Å². The summed E-state index contributed by atoms with van der Waals surface area (Å²) in [5, 5.41) is 0. The summed E-state index contributed by atoms with van der Waals surface area (Å²) >= 11 is 0. The van der Waals surface area contributed by atoms with Gasteiger partial charge in [-0.2, -0.15) is 0 Å². The van der Waals surface area contributed by atoms with Gasteiger partial charge >= 0.3 is 5.97 Å². The molecule has 0 aromatic heterocycles. The Morgan fingerprint density at radius 2 is 1.67 bits per heavy atom. The maximum Gasteiger partial charge on any atom is 0.308 e. The third kappa shape index (κ3) is 4.14. The van der Waals surface area contributed by atoms with Crippen molar-refractivity contribution >= 4 is 17.8 Å². The molecule has 0 fully saturated rings. The zero-order chi connectivity index (χ0) is 15.2. The number of ether oxygens (including phenoxy) is 1. The van der Waals surface area contributed by atoms with Crippen LogP contribution >= 0.6 is 0 Å². The number of hydrogen-bond donors (Lipinski definition) is 0. The minimum absolute atomic E-state index is 0.201. The second kappa shape index (κ2) is 6.66. The Balaban J connectivity index is 2.20. The van der Waals surface area contributed by atoms with Crippen molar-refractivity contribution in [2.24, 2.45) is 0 Å². The normalized spacial score (nSPS) is 10.6. The first kappa shape index (κ1) is 14.7. The van der Waals surface area contributed by atoms with E-state index in [1.54, 1.807) is 30.3 Å². The molecule has 0 unspecified atom stereocenters. The second-order valence-electron chi connectivity index (χ2n) is 4.70. The molecule has 0 saturated carbocycles. The molecule has 0 N–H and O–H groups in total. The molecule has 0 radical (unpaired) electrons. The van der Waals surface area contributed by atoms with Gasteiger partial charge in [-0.15, -0.1) is 0 Å². The van der Waals surface area contributed by atoms with Gasteiger partial charge in [0.2, 0.25) is 0 Å². The van der Waals surface area contributed by atoms with E-state index in [2.05, 4.69) is 0 Å². The first-order chi connectivity index (χ1) is 10.1. The number of allylic oxidation sites excluding steroid dienone is 1. The Morgan fingerprint density at radius 1 is 1.00 bits per heavy atom. The molecule has 0 aliphatic rings. The molecule has 3 nitrogen and oxygen atoms in total. The van der Waals surface area contributed by atoms with E-state index < -0.39 is 5.97 Å². The van der Waals surface area contributed by atoms with Gasteiger partial charge in [0.1, 0.15) is 5.75 Å². The first-order valence-electron chi connectivity index (χ1n) is 6.63. The Bertz CT molecular complexity index is 682. The van der Waals surface area contributed by atoms with Crippen molar-refractivity contribution < 1.29 is 14.3 Å². The molecule has 106 valence electrons. The number of ketones is 1. The predicted octanol–water partition coefficient (Wildman–Crippen LogP) is 3.82. The zero-order valence-electron chi connectivity index (χ0n) is 12.0. The minimum Gasteiger partial charge on any atom is -0.426 e. The molecule has 2 aromatic carbocycles. The quantitative estimate of drug-likeness (QED) is 0.370. The van der Waals surface area contributed by atoms with Crippen molar-refractivity contribution in [3.8, 4) is 5.75 Å². The topological polar surface area (TPSA) is 43.4 Å². The maximum atomic E-state index is 12.2. The van der Waals surface area contributed by atoms with E-state index in [9.17, 15) is 9.59 Å². The average Bonchev–Trinajstić information content (AvgIpc) is 2.46. The molecule has 0 aliphatic carbocycles. The Morgan fingerprint density at radius 3 is 2.33 bits per heavy atom. The number of rotatable bonds is 4. The molecular weight excluding hydrogens is 264 g/mol. The number of hydrogen-bond acceptors (Lipinski definition) is 3. The lowest BCUT2D eigenvalue weighted by molar-refractivity contribution is -0.131. The summed E-state index contributed by atoms with van der Waals surface area (Å²) in [4.78, 5) is 23.3. The fourth-order valence-electron chi connectivity index (χ4n) is 1.85. The standard InChI is InChI=1S/C18H16O3/c1-13-7-9-15(10-8-13)11-12-17(20)16-5-3-4-6-18(16)21-14(2)19/h3-12H,1-2H3. The van der Waals surface area contributed by atoms with Gasteiger partial charge in [-0.1, -0.05) is 48.0 Å². The lowest BCUT2D eigenvalue weighted by Gasteiger charge is -2.05. The van der Waals surface area contributed by atoms with E-state index >= 15 is 0 Å². The summed E-state index contributed by atoms with van der Waals surface area (Å²) in [6, 6.07) is 14.6. The molecule has 0 saturated heterocycles. The van der Waals surface area contributed by atoms with Gasteiger partial charge in [0.05, 0.1) is 5.56 Å². The van der Waals surface area contributed by atoms with Gasteiger partial charge in [-0.25, -0.2) is 0 Å². The fraction of sp³-hybridized carbons (Fsp3) is 0.111. The van der Waals surface area contributed by atoms with Crippen LogP contribution in [0, 0.1) is 6.92 Å². The highest BCUT2D eigenvalue weighted by Gasteiger charge is 2.10. The van der Waals surface area contributed by atoms with Crippen LogP contribution in [0.5, 0.6) is 5.75 Å². The van der Waals surface area contributed by atoms with Crippen molar-refractivity contribution in [2.45, 2.75) is 13.8 Å². The van der Waals surface area contributed by atoms with Crippen LogP contribution in [0.3, 0.4) is 0 Å². The molecule has 0 aliphatic heterocycles. The van der Waals surface area contributed by atoms with Crippen LogP contribution in [0.1, 0.15) is 28.4 Å². The van der Waals surface area contributed by atoms with Crippen LogP contribution in [-0.4, -0.2) is 11.8 Å². The summed E-state index contributed by atoms with van der Waals surface area (Å²) < 4.78 is 5.04. The molecule has 0 spiro atoms. The number of esters is 1. The summed E-state index contributed by atoms with van der Waals surface area (Å²) in [6.45, 7) is 3.32. The number of aryl methyl sites for hydroxylation is 1. The van der Waals surface area contributed by atoms with Crippen molar-refractivity contribution in [3.05, 3.63) is 71.3 Å². The maximum absolute atomic E-state index is 12.2. The van der Waals surface area contributed by atoms with E-state index in [4.69, 9.17) is 4.74 Å². The Kier molecular flexibility index (Phi) is 4.67. The summed E-state index contributed by atoms with van der Waals surface area (Å²) in [5.74, 6) is -0.367. The molecule has 21 heavy (non-hydrogen) atoms. The molecule has 0 bridgehead atoms. The molecule has 0 heterocycles. The number of benzene rings is 2. The van der Waals surface area contributed by atoms with Gasteiger partial charge in [-0.05, 0) is 30.7 Å². The molecule has 0 amide bonds. The highest BCUT2D eigenvalue weighted by molar-refractivity contribution is 6.08. The van der Waals surface area contributed by atoms with E-state index in [0.717, 1.165) is 5.56 Å². The highest BCUT2D eigenvalue weighted by atomic mass is 16.5. The summed E-state index contributed by atoms with van der Waals surface area (Å²) in [5.41, 5.74) is 2.48. The zero-order valence-corrected chi connectivity index (χ0v) is 12.0. The number of carbonyl (C=O) groups excluding carboxylic acids is 2. The van der Waals surface area contributed by atoms with Crippen LogP contribution in [0.4, 0.5) is 0 Å². The van der Waals surface area contributed by atoms with E-state index in [1.165, 1.54) is 18.6 Å². The van der Waals surface area contributed by atoms with Gasteiger partial charge in [0.15, 0.2) is 5.78 Å². The lowest BCUT2D eigenvalue weighted by atomic mass is 10.1. The van der Waals surface area contributed by atoms with E-state index in [1.807, 2.05) is 31.2 Å². The number of para-hydroxylation sites is 1. The largest absolute Gasteiger partial charge is 0.426 e. The number of carbonyl (C=O) groups is 2. The third-order valence-corrected chi connectivity index (χ3v) is 2.91. The van der Waals surface area contributed by atoms with Crippen LogP contribution in [0.25, 0.3) is 6.08 Å². The van der Waals surface area contributed by atoms with Crippen LogP contribution in [0.2, 0.25) is 0 Å². The molecule has 3 heteroatoms. The monoisotopic (exact) mass is 280 g/mol. The molecule has 0 atom stereocenters. The lowest BCUT2D eigenvalue weighted by Crippen LogP contribution is -2.06. The molecular formula is C18H16O3. The summed E-state index contributed by atoms with van der Waals surface area (Å²) in [7, 11) is 0. The van der Waals surface area contributed by atoms with Crippen LogP contribution < -0.4 is 4.74 Å². The predicted molar refractivity (Wildman–Crippen MR) is 82.3 cm³/mol. The van der Waals surface area contributed by atoms with Gasteiger partial charge < -0.3 is 4.74 Å². The average molecular weight is 280 g/mol. The van der Waals surface area contributed by atoms with Crippen molar-refractivity contribution in [3.63, 3.8) is 0 Å². The van der Waals surface area contributed by atoms with Crippen LogP contribution in [0.15, 0.2) is 54.6 Å². The smallest absolute Gasteiger partial charge is 0.308 e. The molecule has 2 aromatic rings. The first-order valence-corrected chi connectivity index (χ1v) is 6.63. The summed E-state index contributed by atoms with van der Waals surface area (Å²) in [6.07, 6.45) is 3.22. The van der Waals surface area contributed by atoms with Crippen molar-refractivity contribution in [1.29, 1.82) is 0 Å². The van der Waals surface area contributed by atoms with Crippen molar-refractivity contribution in [2.75, 3.05) is 0 Å². The van der Waals surface area contributed by atoms with Crippen molar-refractivity contribution in [1.82, 2.24) is 0 Å². The van der Waals surface area contributed by atoms with Crippen LogP contribution in [-0.2, 0) is 4.79 Å². The van der Waals surface area contributed by atoms with Gasteiger partial charge in [0, 0.05) is 6.92 Å². The Hall–Kier alpha value is -2.68. The minimum atomic E-state index is -0.447. The second-order valence-corrected chi connectivity index (χ2v) is 4.70. The SMILES string of the molecule is CC(=O)Oc1ccccc1C(=O)C=Cc1ccc(C)cc1. The highest BCUT2D eigenvalue weighted by Crippen LogP contribution is 2.19. The van der Waals surface area contributed by atoms with Gasteiger partial charge in [0.25, 0.3) is 0 Å².